The smallest absolute Gasteiger partial charge is 0.408 e. The number of benzene rings is 1. The molecule has 0 aliphatic heterocycles. The average Bonchev–Trinajstić information content (AvgIpc) is 3.40. The first-order valence-corrected chi connectivity index (χ1v) is 12.7. The molecule has 1 aromatic carbocycles. The number of nitrogens with zero attached hydrogens (tertiary/aromatic N) is 4. The summed E-state index contributed by atoms with van der Waals surface area (Å²) in [4.78, 5) is 47.4. The van der Waals surface area contributed by atoms with Gasteiger partial charge in [-0.15, -0.1) is 0 Å². The van der Waals surface area contributed by atoms with Crippen molar-refractivity contribution in [2.45, 2.75) is 58.2 Å². The van der Waals surface area contributed by atoms with E-state index in [-0.39, 0.29) is 17.7 Å². The Morgan fingerprint density at radius 2 is 1.97 bits per heavy atom. The first-order valence-electron chi connectivity index (χ1n) is 12.3. The van der Waals surface area contributed by atoms with Crippen molar-refractivity contribution < 1.29 is 9.53 Å². The lowest BCUT2D eigenvalue weighted by atomic mass is 10.1. The van der Waals surface area contributed by atoms with Gasteiger partial charge in [-0.05, 0) is 51.3 Å². The molecule has 1 amide bonds. The number of ether oxygens (including phenoxy) is 1. The largest absolute Gasteiger partial charge is 0.444 e. The van der Waals surface area contributed by atoms with Crippen LogP contribution in [0, 0.1) is 5.92 Å². The number of aromatic nitrogens is 5. The number of carbonyl (C=O) groups excluding carboxylic acids is 1. The molecule has 0 bridgehead atoms. The van der Waals surface area contributed by atoms with Gasteiger partial charge in [0.15, 0.2) is 11.2 Å². The van der Waals surface area contributed by atoms with Crippen LogP contribution in [0.3, 0.4) is 0 Å². The molecular weight excluding hydrogens is 496 g/mol. The molecule has 2 N–H and O–H groups in total. The normalized spacial score (nSPS) is 14.9. The molecule has 4 aromatic rings. The first kappa shape index (κ1) is 25.1. The Balaban J connectivity index is 1.56. The third-order valence-electron chi connectivity index (χ3n) is 6.66. The van der Waals surface area contributed by atoms with Crippen LogP contribution in [0.25, 0.3) is 22.1 Å². The highest BCUT2D eigenvalue weighted by Crippen LogP contribution is 2.38. The minimum atomic E-state index is -0.648. The molecule has 3 aromatic heterocycles. The quantitative estimate of drug-likeness (QED) is 0.394. The van der Waals surface area contributed by atoms with Gasteiger partial charge in [-0.25, -0.2) is 14.6 Å². The molecule has 5 rings (SSSR count). The van der Waals surface area contributed by atoms with Crippen molar-refractivity contribution in [3.63, 3.8) is 0 Å². The maximum Gasteiger partial charge on any atom is 0.408 e. The van der Waals surface area contributed by atoms with Gasteiger partial charge in [0.2, 0.25) is 0 Å². The van der Waals surface area contributed by atoms with E-state index in [0.29, 0.717) is 28.9 Å². The van der Waals surface area contributed by atoms with E-state index in [0.717, 1.165) is 23.7 Å². The molecule has 0 saturated heterocycles. The number of hydrogen-bond acceptors (Lipinski definition) is 5. The minimum Gasteiger partial charge on any atom is -0.444 e. The Morgan fingerprint density at radius 3 is 2.62 bits per heavy atom. The lowest BCUT2D eigenvalue weighted by Gasteiger charge is -2.23. The molecule has 1 aliphatic carbocycles. The van der Waals surface area contributed by atoms with Crippen LogP contribution in [0.1, 0.15) is 57.6 Å². The molecule has 10 nitrogen and oxygen atoms in total. The number of aryl methyl sites for hydroxylation is 2. The molecule has 1 saturated carbocycles. The molecular formula is C26H31ClN6O4. The van der Waals surface area contributed by atoms with Gasteiger partial charge < -0.3 is 19.6 Å². The third kappa shape index (κ3) is 4.90. The second-order valence-corrected chi connectivity index (χ2v) is 11.2. The Bertz CT molecular complexity index is 1630. The zero-order valence-corrected chi connectivity index (χ0v) is 22.3. The number of hydrogen-bond donors (Lipinski definition) is 2. The Kier molecular flexibility index (Phi) is 6.18. The number of rotatable bonds is 6. The number of aromatic amines is 1. The molecule has 1 atom stereocenters. The predicted molar refractivity (Wildman–Crippen MR) is 142 cm³/mol. The number of imidazole rings is 1. The van der Waals surface area contributed by atoms with Crippen molar-refractivity contribution in [3.8, 4) is 0 Å². The highest BCUT2D eigenvalue weighted by Gasteiger charge is 2.32. The summed E-state index contributed by atoms with van der Waals surface area (Å²) in [6.07, 6.45) is 2.29. The summed E-state index contributed by atoms with van der Waals surface area (Å²) < 4.78 is 9.71. The van der Waals surface area contributed by atoms with Crippen LogP contribution in [0.2, 0.25) is 5.02 Å². The monoisotopic (exact) mass is 526 g/mol. The summed E-state index contributed by atoms with van der Waals surface area (Å²) >= 11 is 6.30. The Morgan fingerprint density at radius 1 is 1.24 bits per heavy atom. The third-order valence-corrected chi connectivity index (χ3v) is 6.99. The Hall–Kier alpha value is -3.53. The van der Waals surface area contributed by atoms with E-state index >= 15 is 0 Å². The number of alkyl carbamates (subject to hydrolysis) is 1. The summed E-state index contributed by atoms with van der Waals surface area (Å²) in [7, 11) is 3.33. The maximum atomic E-state index is 13.6. The van der Waals surface area contributed by atoms with E-state index in [1.54, 1.807) is 45.5 Å². The van der Waals surface area contributed by atoms with Crippen molar-refractivity contribution in [1.29, 1.82) is 0 Å². The molecule has 0 spiro atoms. The van der Waals surface area contributed by atoms with Crippen molar-refractivity contribution in [2.75, 3.05) is 0 Å². The predicted octanol–water partition coefficient (Wildman–Crippen LogP) is 3.98. The average molecular weight is 527 g/mol. The molecule has 1 aliphatic rings. The van der Waals surface area contributed by atoms with E-state index in [4.69, 9.17) is 16.3 Å². The number of fused-ring (bicyclic) bond motifs is 2. The summed E-state index contributed by atoms with van der Waals surface area (Å²) in [5.41, 5.74) is 0.491. The van der Waals surface area contributed by atoms with Gasteiger partial charge in [-0.2, -0.15) is 0 Å². The van der Waals surface area contributed by atoms with E-state index in [9.17, 15) is 14.4 Å². The summed E-state index contributed by atoms with van der Waals surface area (Å²) in [5, 5.41) is 4.35. The van der Waals surface area contributed by atoms with Crippen LogP contribution >= 0.6 is 11.6 Å². The number of H-pyrrole nitrogens is 1. The van der Waals surface area contributed by atoms with E-state index in [1.807, 2.05) is 18.2 Å². The zero-order chi connectivity index (χ0) is 26.6. The van der Waals surface area contributed by atoms with Crippen molar-refractivity contribution in [3.05, 3.63) is 61.6 Å². The molecule has 37 heavy (non-hydrogen) atoms. The van der Waals surface area contributed by atoms with Gasteiger partial charge in [-0.3, -0.25) is 13.9 Å². The van der Waals surface area contributed by atoms with Crippen LogP contribution < -0.4 is 16.6 Å². The van der Waals surface area contributed by atoms with Gasteiger partial charge in [0.05, 0.1) is 12.6 Å². The highest BCUT2D eigenvalue weighted by atomic mass is 35.5. The SMILES string of the molecule is Cn1c(C(CC2CC2)NC(=O)OC(C)(C)C)nc2c1c(=O)n(Cc1cc3c(Cl)cccc3[nH]1)c(=O)n2C. The van der Waals surface area contributed by atoms with Crippen LogP contribution in [-0.4, -0.2) is 35.4 Å². The van der Waals surface area contributed by atoms with Crippen molar-refractivity contribution in [2.24, 2.45) is 20.0 Å². The summed E-state index contributed by atoms with van der Waals surface area (Å²) in [6, 6.07) is 6.90. The van der Waals surface area contributed by atoms with Gasteiger partial charge in [0.25, 0.3) is 5.56 Å². The molecule has 11 heteroatoms. The number of nitrogens with one attached hydrogen (secondary N) is 2. The van der Waals surface area contributed by atoms with Gasteiger partial charge in [-0.1, -0.05) is 30.5 Å². The standard InChI is InChI=1S/C26H31ClN6O4/c1-26(2,3)37-24(35)29-19(11-14-9-10-14)21-30-22-20(31(21)4)23(34)33(25(36)32(22)5)13-15-12-16-17(27)7-6-8-18(16)28-15/h6-8,12,14,19,28H,9-11,13H2,1-5H3,(H,29,35). The molecule has 196 valence electrons. The van der Waals surface area contributed by atoms with E-state index in [2.05, 4.69) is 15.3 Å². The Labute approximate surface area is 218 Å². The fraction of sp³-hybridized carbons (Fsp3) is 0.462. The molecule has 1 unspecified atom stereocenters. The fourth-order valence-corrected chi connectivity index (χ4v) is 4.94. The number of carbonyl (C=O) groups is 1. The minimum absolute atomic E-state index is 0.0502. The maximum absolute atomic E-state index is 13.6. The zero-order valence-electron chi connectivity index (χ0n) is 21.6. The summed E-state index contributed by atoms with van der Waals surface area (Å²) in [5.74, 6) is 0.976. The fourth-order valence-electron chi connectivity index (χ4n) is 4.71. The molecule has 1 fully saturated rings. The van der Waals surface area contributed by atoms with Crippen molar-refractivity contribution in [1.82, 2.24) is 29.0 Å². The highest BCUT2D eigenvalue weighted by molar-refractivity contribution is 6.35. The molecule has 3 heterocycles. The lowest BCUT2D eigenvalue weighted by molar-refractivity contribution is 0.0496. The van der Waals surface area contributed by atoms with E-state index < -0.39 is 29.0 Å². The second-order valence-electron chi connectivity index (χ2n) is 10.8. The number of halogens is 1. The van der Waals surface area contributed by atoms with Gasteiger partial charge in [0, 0.05) is 35.7 Å². The van der Waals surface area contributed by atoms with E-state index in [1.165, 1.54) is 9.13 Å². The topological polar surface area (TPSA) is 116 Å². The number of amides is 1. The van der Waals surface area contributed by atoms with Crippen LogP contribution in [0.5, 0.6) is 0 Å². The lowest BCUT2D eigenvalue weighted by Crippen LogP contribution is -2.40. The van der Waals surface area contributed by atoms with Crippen molar-refractivity contribution >= 4 is 39.8 Å². The molecule has 0 radical (unpaired) electrons. The van der Waals surface area contributed by atoms with Crippen LogP contribution in [0.15, 0.2) is 33.9 Å². The van der Waals surface area contributed by atoms with Gasteiger partial charge >= 0.3 is 11.8 Å². The first-order chi connectivity index (χ1) is 17.4. The van der Waals surface area contributed by atoms with Crippen LogP contribution in [-0.2, 0) is 25.4 Å². The van der Waals surface area contributed by atoms with Gasteiger partial charge in [0.1, 0.15) is 11.4 Å². The van der Waals surface area contributed by atoms with Crippen LogP contribution in [0.4, 0.5) is 4.79 Å². The summed E-state index contributed by atoms with van der Waals surface area (Å²) in [6.45, 7) is 5.46. The second kappa shape index (κ2) is 9.09.